The van der Waals surface area contributed by atoms with Crippen LogP contribution in [0.2, 0.25) is 0 Å². The van der Waals surface area contributed by atoms with Gasteiger partial charge in [-0.3, -0.25) is 4.79 Å². The van der Waals surface area contributed by atoms with Gasteiger partial charge in [0, 0.05) is 22.1 Å². The average molecular weight is 425 g/mol. The van der Waals surface area contributed by atoms with Gasteiger partial charge in [0.05, 0.1) is 11.1 Å². The fourth-order valence-electron chi connectivity index (χ4n) is 2.92. The second-order valence-corrected chi connectivity index (χ2v) is 7.24. The Labute approximate surface area is 164 Å². The molecule has 136 valence electrons. The first-order valence-electron chi connectivity index (χ1n) is 8.48. The number of benzene rings is 1. The Morgan fingerprint density at radius 3 is 2.85 bits per heavy atom. The Hall–Kier alpha value is -3.00. The van der Waals surface area contributed by atoms with Crippen LogP contribution < -0.4 is 5.32 Å². The molecule has 0 saturated carbocycles. The molecule has 0 atom stereocenters. The smallest absolute Gasteiger partial charge is 0.258 e. The number of aromatic amines is 1. The van der Waals surface area contributed by atoms with Crippen molar-refractivity contribution in [2.45, 2.75) is 19.9 Å². The monoisotopic (exact) mass is 424 g/mol. The van der Waals surface area contributed by atoms with Crippen molar-refractivity contribution >= 4 is 38.6 Å². The first kappa shape index (κ1) is 17.4. The largest absolute Gasteiger partial charge is 0.359 e. The molecule has 3 heterocycles. The van der Waals surface area contributed by atoms with Crippen molar-refractivity contribution in [3.63, 3.8) is 0 Å². The van der Waals surface area contributed by atoms with E-state index in [1.54, 1.807) is 18.6 Å². The zero-order valence-electron chi connectivity index (χ0n) is 14.8. The Kier molecular flexibility index (Phi) is 4.49. The van der Waals surface area contributed by atoms with Crippen LogP contribution in [0.3, 0.4) is 0 Å². The van der Waals surface area contributed by atoms with Crippen LogP contribution in [0, 0.1) is 0 Å². The highest BCUT2D eigenvalue weighted by atomic mass is 79.9. The number of amides is 1. The van der Waals surface area contributed by atoms with Crippen molar-refractivity contribution in [2.24, 2.45) is 0 Å². The highest BCUT2D eigenvalue weighted by Crippen LogP contribution is 2.26. The second kappa shape index (κ2) is 6.96. The zero-order valence-corrected chi connectivity index (χ0v) is 16.4. The second-order valence-electron chi connectivity index (χ2n) is 6.38. The van der Waals surface area contributed by atoms with Gasteiger partial charge in [-0.25, -0.2) is 4.98 Å². The number of carbonyl (C=O) groups is 1. The number of halogens is 1. The minimum absolute atomic E-state index is 0.208. The van der Waals surface area contributed by atoms with Crippen LogP contribution >= 0.6 is 15.9 Å². The van der Waals surface area contributed by atoms with Crippen LogP contribution in [-0.2, 0) is 0 Å². The highest BCUT2D eigenvalue weighted by molar-refractivity contribution is 9.10. The van der Waals surface area contributed by atoms with Crippen molar-refractivity contribution < 1.29 is 4.79 Å². The molecule has 0 aliphatic heterocycles. The van der Waals surface area contributed by atoms with Crippen molar-refractivity contribution in [1.29, 1.82) is 0 Å². The van der Waals surface area contributed by atoms with Crippen molar-refractivity contribution in [2.75, 3.05) is 5.32 Å². The number of nitrogens with one attached hydrogen (secondary N) is 2. The third-order valence-corrected chi connectivity index (χ3v) is 4.92. The van der Waals surface area contributed by atoms with E-state index in [4.69, 9.17) is 0 Å². The standard InChI is InChI=1S/C19H17BrN6O/c1-11(2)26-10-22-25-18(26)15-7-4-8-16(23-15)24-19(27)13-9-21-17-12(13)5-3-6-14(17)20/h3-11,21H,1-2H3,(H,23,24,27). The predicted molar refractivity (Wildman–Crippen MR) is 108 cm³/mol. The summed E-state index contributed by atoms with van der Waals surface area (Å²) in [5, 5.41) is 11.8. The Morgan fingerprint density at radius 1 is 1.22 bits per heavy atom. The Balaban J connectivity index is 1.64. The Morgan fingerprint density at radius 2 is 2.04 bits per heavy atom. The number of rotatable bonds is 4. The molecule has 3 aromatic heterocycles. The maximum Gasteiger partial charge on any atom is 0.258 e. The van der Waals surface area contributed by atoms with Gasteiger partial charge in [0.15, 0.2) is 5.82 Å². The molecule has 0 unspecified atom stereocenters. The van der Waals surface area contributed by atoms with E-state index >= 15 is 0 Å². The number of para-hydroxylation sites is 1. The highest BCUT2D eigenvalue weighted by Gasteiger charge is 2.16. The van der Waals surface area contributed by atoms with E-state index < -0.39 is 0 Å². The SMILES string of the molecule is CC(C)n1cnnc1-c1cccc(NC(=O)c2c[nH]c3c(Br)cccc23)n1. The summed E-state index contributed by atoms with van der Waals surface area (Å²) in [7, 11) is 0. The fourth-order valence-corrected chi connectivity index (χ4v) is 3.40. The molecule has 4 aromatic rings. The molecule has 1 aromatic carbocycles. The number of nitrogens with zero attached hydrogens (tertiary/aromatic N) is 4. The molecule has 4 rings (SSSR count). The topological polar surface area (TPSA) is 88.5 Å². The molecule has 0 saturated heterocycles. The molecule has 8 heteroatoms. The molecule has 27 heavy (non-hydrogen) atoms. The lowest BCUT2D eigenvalue weighted by Crippen LogP contribution is -2.13. The summed E-state index contributed by atoms with van der Waals surface area (Å²) in [6, 6.07) is 11.4. The van der Waals surface area contributed by atoms with E-state index in [0.29, 0.717) is 22.9 Å². The first-order valence-corrected chi connectivity index (χ1v) is 9.28. The number of pyridine rings is 1. The molecule has 0 aliphatic carbocycles. The van der Waals surface area contributed by atoms with E-state index in [9.17, 15) is 4.79 Å². The van der Waals surface area contributed by atoms with Crippen molar-refractivity contribution in [3.05, 3.63) is 59.0 Å². The van der Waals surface area contributed by atoms with Gasteiger partial charge in [0.25, 0.3) is 5.91 Å². The molecule has 0 radical (unpaired) electrons. The Bertz CT molecular complexity index is 1130. The zero-order chi connectivity index (χ0) is 19.0. The summed E-state index contributed by atoms with van der Waals surface area (Å²) >= 11 is 3.49. The molecule has 0 fully saturated rings. The summed E-state index contributed by atoms with van der Waals surface area (Å²) in [5.74, 6) is 0.895. The maximum atomic E-state index is 12.8. The summed E-state index contributed by atoms with van der Waals surface area (Å²) < 4.78 is 2.85. The van der Waals surface area contributed by atoms with Gasteiger partial charge in [-0.2, -0.15) is 0 Å². The van der Waals surface area contributed by atoms with Crippen LogP contribution in [0.4, 0.5) is 5.82 Å². The lowest BCUT2D eigenvalue weighted by Gasteiger charge is -2.10. The van der Waals surface area contributed by atoms with Gasteiger partial charge < -0.3 is 14.9 Å². The molecular formula is C19H17BrN6O. The lowest BCUT2D eigenvalue weighted by atomic mass is 10.1. The van der Waals surface area contributed by atoms with E-state index in [2.05, 4.69) is 41.4 Å². The molecule has 0 bridgehead atoms. The van der Waals surface area contributed by atoms with Crippen LogP contribution in [0.1, 0.15) is 30.2 Å². The van der Waals surface area contributed by atoms with Crippen LogP contribution in [0.15, 0.2) is 53.4 Å². The third kappa shape index (κ3) is 3.23. The predicted octanol–water partition coefficient (Wildman–Crippen LogP) is 4.42. The summed E-state index contributed by atoms with van der Waals surface area (Å²) in [4.78, 5) is 20.4. The summed E-state index contributed by atoms with van der Waals surface area (Å²) in [6.07, 6.45) is 3.38. The molecule has 0 spiro atoms. The summed E-state index contributed by atoms with van der Waals surface area (Å²) in [6.45, 7) is 4.10. The molecule has 7 nitrogen and oxygen atoms in total. The molecule has 0 aliphatic rings. The van der Waals surface area contributed by atoms with Crippen LogP contribution in [0.25, 0.3) is 22.4 Å². The summed E-state index contributed by atoms with van der Waals surface area (Å²) in [5.41, 5.74) is 2.10. The molecular weight excluding hydrogens is 408 g/mol. The van der Waals surface area contributed by atoms with Gasteiger partial charge >= 0.3 is 0 Å². The maximum absolute atomic E-state index is 12.8. The average Bonchev–Trinajstić information content (AvgIpc) is 3.30. The van der Waals surface area contributed by atoms with Gasteiger partial charge in [0.2, 0.25) is 0 Å². The van der Waals surface area contributed by atoms with E-state index in [1.807, 2.05) is 48.7 Å². The number of aromatic nitrogens is 5. The number of fused-ring (bicyclic) bond motifs is 1. The number of H-pyrrole nitrogens is 1. The minimum atomic E-state index is -0.227. The lowest BCUT2D eigenvalue weighted by molar-refractivity contribution is 0.102. The van der Waals surface area contributed by atoms with E-state index in [-0.39, 0.29) is 11.9 Å². The number of anilines is 1. The minimum Gasteiger partial charge on any atom is -0.359 e. The quantitative estimate of drug-likeness (QED) is 0.507. The fraction of sp³-hybridized carbons (Fsp3) is 0.158. The van der Waals surface area contributed by atoms with Gasteiger partial charge in [-0.15, -0.1) is 10.2 Å². The number of hydrogen-bond acceptors (Lipinski definition) is 4. The van der Waals surface area contributed by atoms with Crippen molar-refractivity contribution in [1.82, 2.24) is 24.7 Å². The van der Waals surface area contributed by atoms with Crippen molar-refractivity contribution in [3.8, 4) is 11.5 Å². The normalized spacial score (nSPS) is 11.3. The van der Waals surface area contributed by atoms with E-state index in [1.165, 1.54) is 0 Å². The molecule has 2 N–H and O–H groups in total. The van der Waals surface area contributed by atoms with Gasteiger partial charge in [-0.1, -0.05) is 18.2 Å². The number of hydrogen-bond donors (Lipinski definition) is 2. The van der Waals surface area contributed by atoms with Gasteiger partial charge in [-0.05, 0) is 48.0 Å². The van der Waals surface area contributed by atoms with Crippen LogP contribution in [0.5, 0.6) is 0 Å². The first-order chi connectivity index (χ1) is 13.0. The number of carbonyl (C=O) groups excluding carboxylic acids is 1. The van der Waals surface area contributed by atoms with E-state index in [0.717, 1.165) is 15.4 Å². The van der Waals surface area contributed by atoms with Gasteiger partial charge in [0.1, 0.15) is 17.8 Å². The molecule has 1 amide bonds. The van der Waals surface area contributed by atoms with Crippen LogP contribution in [-0.4, -0.2) is 30.6 Å². The third-order valence-electron chi connectivity index (χ3n) is 4.26.